The largest absolute Gasteiger partial charge is 0.399 e. The van der Waals surface area contributed by atoms with Crippen LogP contribution >= 0.6 is 11.3 Å². The molecular formula is C13H17N3S. The summed E-state index contributed by atoms with van der Waals surface area (Å²) in [5, 5.41) is 1.14. The van der Waals surface area contributed by atoms with Gasteiger partial charge in [-0.25, -0.2) is 4.98 Å². The van der Waals surface area contributed by atoms with Gasteiger partial charge in [-0.2, -0.15) is 0 Å². The number of benzene rings is 1. The predicted octanol–water partition coefficient (Wildman–Crippen LogP) is 3.11. The molecular weight excluding hydrogens is 230 g/mol. The molecule has 1 aliphatic heterocycles. The van der Waals surface area contributed by atoms with Crippen LogP contribution in [0.1, 0.15) is 20.3 Å². The summed E-state index contributed by atoms with van der Waals surface area (Å²) >= 11 is 1.74. The van der Waals surface area contributed by atoms with Gasteiger partial charge in [-0.1, -0.05) is 25.2 Å². The molecule has 3 rings (SSSR count). The summed E-state index contributed by atoms with van der Waals surface area (Å²) < 4.78 is 1.18. The highest BCUT2D eigenvalue weighted by Crippen LogP contribution is 2.36. The third-order valence-corrected chi connectivity index (χ3v) is 4.43. The summed E-state index contributed by atoms with van der Waals surface area (Å²) in [6, 6.07) is 5.93. The molecule has 1 aromatic carbocycles. The van der Waals surface area contributed by atoms with Crippen LogP contribution in [0.25, 0.3) is 10.2 Å². The zero-order valence-corrected chi connectivity index (χ0v) is 11.0. The standard InChI is InChI=1S/C13H17N3S/c1-13(2)5-6-16(8-13)12-15-10-4-3-9(14)7-11(10)17-12/h3-4,7H,5-6,8,14H2,1-2H3. The van der Waals surface area contributed by atoms with Crippen molar-refractivity contribution in [2.75, 3.05) is 23.7 Å². The zero-order valence-electron chi connectivity index (χ0n) is 10.2. The molecule has 2 N–H and O–H groups in total. The fourth-order valence-corrected chi connectivity index (χ4v) is 3.38. The van der Waals surface area contributed by atoms with E-state index in [0.717, 1.165) is 29.4 Å². The lowest BCUT2D eigenvalue weighted by Gasteiger charge is -2.18. The number of nitrogens with zero attached hydrogens (tertiary/aromatic N) is 2. The minimum Gasteiger partial charge on any atom is -0.399 e. The van der Waals surface area contributed by atoms with E-state index in [4.69, 9.17) is 10.7 Å². The van der Waals surface area contributed by atoms with Crippen LogP contribution in [0, 0.1) is 5.41 Å². The first kappa shape index (κ1) is 10.8. The lowest BCUT2D eigenvalue weighted by molar-refractivity contribution is 0.418. The second-order valence-corrected chi connectivity index (χ2v) is 6.57. The van der Waals surface area contributed by atoms with Gasteiger partial charge >= 0.3 is 0 Å². The highest BCUT2D eigenvalue weighted by atomic mass is 32.1. The Labute approximate surface area is 105 Å². The average molecular weight is 247 g/mol. The molecule has 1 aliphatic rings. The summed E-state index contributed by atoms with van der Waals surface area (Å²) in [4.78, 5) is 7.08. The molecule has 0 atom stereocenters. The number of aromatic nitrogens is 1. The van der Waals surface area contributed by atoms with E-state index < -0.39 is 0 Å². The zero-order chi connectivity index (χ0) is 12.0. The maximum absolute atomic E-state index is 5.79. The van der Waals surface area contributed by atoms with E-state index in [1.54, 1.807) is 11.3 Å². The molecule has 0 unspecified atom stereocenters. The average Bonchev–Trinajstić information content (AvgIpc) is 2.80. The Hall–Kier alpha value is -1.29. The van der Waals surface area contributed by atoms with Gasteiger partial charge < -0.3 is 10.6 Å². The summed E-state index contributed by atoms with van der Waals surface area (Å²) in [6.07, 6.45) is 1.24. The molecule has 0 aliphatic carbocycles. The summed E-state index contributed by atoms with van der Waals surface area (Å²) in [5.74, 6) is 0. The fraction of sp³-hybridized carbons (Fsp3) is 0.462. The van der Waals surface area contributed by atoms with Crippen molar-refractivity contribution in [2.24, 2.45) is 5.41 Å². The van der Waals surface area contributed by atoms with Gasteiger partial charge in [0, 0.05) is 18.8 Å². The number of thiazole rings is 1. The number of fused-ring (bicyclic) bond motifs is 1. The molecule has 3 nitrogen and oxygen atoms in total. The number of nitrogens with two attached hydrogens (primary N) is 1. The molecule has 90 valence electrons. The second kappa shape index (κ2) is 3.60. The van der Waals surface area contributed by atoms with Crippen LogP contribution in [0.4, 0.5) is 10.8 Å². The van der Waals surface area contributed by atoms with Crippen molar-refractivity contribution in [3.05, 3.63) is 18.2 Å². The minimum atomic E-state index is 0.414. The van der Waals surface area contributed by atoms with Crippen LogP contribution in [-0.2, 0) is 0 Å². The van der Waals surface area contributed by atoms with Gasteiger partial charge in [0.2, 0.25) is 0 Å². The van der Waals surface area contributed by atoms with Gasteiger partial charge in [-0.3, -0.25) is 0 Å². The summed E-state index contributed by atoms with van der Waals surface area (Å²) in [6.45, 7) is 6.85. The molecule has 1 aromatic heterocycles. The minimum absolute atomic E-state index is 0.414. The molecule has 0 saturated carbocycles. The Balaban J connectivity index is 1.96. The molecule has 0 spiro atoms. The van der Waals surface area contributed by atoms with E-state index in [1.807, 2.05) is 18.2 Å². The van der Waals surface area contributed by atoms with Crippen LogP contribution in [0.2, 0.25) is 0 Å². The number of nitrogen functional groups attached to an aromatic ring is 1. The third kappa shape index (κ3) is 1.97. The molecule has 1 saturated heterocycles. The first-order valence-electron chi connectivity index (χ1n) is 5.95. The van der Waals surface area contributed by atoms with Crippen LogP contribution in [0.15, 0.2) is 18.2 Å². The van der Waals surface area contributed by atoms with Crippen LogP contribution < -0.4 is 10.6 Å². The first-order valence-corrected chi connectivity index (χ1v) is 6.76. The first-order chi connectivity index (χ1) is 8.03. The maximum Gasteiger partial charge on any atom is 0.186 e. The topological polar surface area (TPSA) is 42.2 Å². The van der Waals surface area contributed by atoms with Gasteiger partial charge in [0.15, 0.2) is 5.13 Å². The van der Waals surface area contributed by atoms with Crippen molar-refractivity contribution in [1.82, 2.24) is 4.98 Å². The molecule has 0 amide bonds. The maximum atomic E-state index is 5.79. The quantitative estimate of drug-likeness (QED) is 0.787. The summed E-state index contributed by atoms with van der Waals surface area (Å²) in [7, 11) is 0. The SMILES string of the molecule is CC1(C)CCN(c2nc3ccc(N)cc3s2)C1. The highest BCUT2D eigenvalue weighted by molar-refractivity contribution is 7.22. The van der Waals surface area contributed by atoms with Crippen molar-refractivity contribution in [3.63, 3.8) is 0 Å². The van der Waals surface area contributed by atoms with Gasteiger partial charge in [0.1, 0.15) is 0 Å². The van der Waals surface area contributed by atoms with Gasteiger partial charge in [-0.05, 0) is 30.0 Å². The number of hydrogen-bond donors (Lipinski definition) is 1. The molecule has 1 fully saturated rings. The van der Waals surface area contributed by atoms with Crippen molar-refractivity contribution >= 4 is 32.4 Å². The van der Waals surface area contributed by atoms with E-state index >= 15 is 0 Å². The number of rotatable bonds is 1. The second-order valence-electron chi connectivity index (χ2n) is 5.56. The van der Waals surface area contributed by atoms with E-state index in [2.05, 4.69) is 18.7 Å². The fourth-order valence-electron chi connectivity index (χ4n) is 2.34. The van der Waals surface area contributed by atoms with Gasteiger partial charge in [-0.15, -0.1) is 0 Å². The molecule has 0 bridgehead atoms. The Morgan fingerprint density at radius 2 is 2.24 bits per heavy atom. The molecule has 17 heavy (non-hydrogen) atoms. The van der Waals surface area contributed by atoms with Gasteiger partial charge in [0.25, 0.3) is 0 Å². The van der Waals surface area contributed by atoms with E-state index in [9.17, 15) is 0 Å². The Morgan fingerprint density at radius 1 is 1.41 bits per heavy atom. The smallest absolute Gasteiger partial charge is 0.186 e. The normalized spacial score (nSPS) is 19.1. The Kier molecular flexibility index (Phi) is 2.30. The lowest BCUT2D eigenvalue weighted by atomic mass is 9.93. The Morgan fingerprint density at radius 3 is 2.94 bits per heavy atom. The number of hydrogen-bond acceptors (Lipinski definition) is 4. The van der Waals surface area contributed by atoms with E-state index in [-0.39, 0.29) is 0 Å². The van der Waals surface area contributed by atoms with Gasteiger partial charge in [0.05, 0.1) is 10.2 Å². The predicted molar refractivity (Wildman–Crippen MR) is 74.6 cm³/mol. The molecule has 2 heterocycles. The lowest BCUT2D eigenvalue weighted by Crippen LogP contribution is -2.22. The van der Waals surface area contributed by atoms with E-state index in [1.165, 1.54) is 11.1 Å². The van der Waals surface area contributed by atoms with Crippen molar-refractivity contribution in [2.45, 2.75) is 20.3 Å². The monoisotopic (exact) mass is 247 g/mol. The van der Waals surface area contributed by atoms with Crippen LogP contribution in [0.3, 0.4) is 0 Å². The van der Waals surface area contributed by atoms with Crippen molar-refractivity contribution < 1.29 is 0 Å². The van der Waals surface area contributed by atoms with Crippen molar-refractivity contribution in [3.8, 4) is 0 Å². The number of anilines is 2. The van der Waals surface area contributed by atoms with Crippen LogP contribution in [-0.4, -0.2) is 18.1 Å². The molecule has 4 heteroatoms. The highest BCUT2D eigenvalue weighted by Gasteiger charge is 2.30. The van der Waals surface area contributed by atoms with E-state index in [0.29, 0.717) is 5.41 Å². The molecule has 2 aromatic rings. The van der Waals surface area contributed by atoms with Crippen molar-refractivity contribution in [1.29, 1.82) is 0 Å². The summed E-state index contributed by atoms with van der Waals surface area (Å²) in [5.41, 5.74) is 8.08. The third-order valence-electron chi connectivity index (χ3n) is 3.35. The van der Waals surface area contributed by atoms with Crippen LogP contribution in [0.5, 0.6) is 0 Å². The molecule has 0 radical (unpaired) electrons. The Bertz CT molecular complexity index is 559.